The third-order valence-corrected chi connectivity index (χ3v) is 10.4. The highest BCUT2D eigenvalue weighted by Crippen LogP contribution is 2.23. The van der Waals surface area contributed by atoms with E-state index < -0.39 is 145 Å². The molecule has 15 N–H and O–H groups in total. The number of primary amides is 2. The Morgan fingerprint density at radius 2 is 1.08 bits per heavy atom. The quantitative estimate of drug-likeness (QED) is 0.0383. The molecular formula is C40H73N9O12. The number of amides is 8. The molecule has 0 spiro atoms. The number of hydrogen-bond acceptors (Lipinski definition) is 12. The zero-order chi connectivity index (χ0) is 47.5. The lowest BCUT2D eigenvalue weighted by atomic mass is 9.85. The summed E-state index contributed by atoms with van der Waals surface area (Å²) < 4.78 is 0. The minimum atomic E-state index is -1.67. The average Bonchev–Trinajstić information content (AvgIpc) is 3.15. The Kier molecular flexibility index (Phi) is 25.0. The van der Waals surface area contributed by atoms with Crippen LogP contribution < -0.4 is 49.1 Å². The number of rotatable bonds is 29. The smallest absolute Gasteiger partial charge is 0.326 e. The van der Waals surface area contributed by atoms with E-state index in [0.29, 0.717) is 6.42 Å². The van der Waals surface area contributed by atoms with Gasteiger partial charge in [0.25, 0.3) is 0 Å². The number of aliphatic hydroxyl groups excluding tert-OH is 2. The minimum Gasteiger partial charge on any atom is -0.480 e. The number of nitrogens with two attached hydrogens (primary N) is 3. The van der Waals surface area contributed by atoms with E-state index in [9.17, 15) is 58.5 Å². The van der Waals surface area contributed by atoms with Crippen LogP contribution in [-0.4, -0.2) is 124 Å². The fraction of sp³-hybridized carbons (Fsp3) is 0.775. The summed E-state index contributed by atoms with van der Waals surface area (Å²) in [5.74, 6) is -10.8. The highest BCUT2D eigenvalue weighted by Gasteiger charge is 2.37. The summed E-state index contributed by atoms with van der Waals surface area (Å²) in [5.41, 5.74) is 16.6. The van der Waals surface area contributed by atoms with Crippen molar-refractivity contribution in [3.05, 3.63) is 0 Å². The number of hydrogen-bond donors (Lipinski definition) is 12. The van der Waals surface area contributed by atoms with Crippen molar-refractivity contribution in [1.29, 1.82) is 0 Å². The Morgan fingerprint density at radius 1 is 0.574 bits per heavy atom. The summed E-state index contributed by atoms with van der Waals surface area (Å²) in [7, 11) is 0. The van der Waals surface area contributed by atoms with E-state index in [0.717, 1.165) is 0 Å². The van der Waals surface area contributed by atoms with Crippen molar-refractivity contribution >= 4 is 53.2 Å². The van der Waals surface area contributed by atoms with Crippen molar-refractivity contribution in [2.24, 2.45) is 52.7 Å². The monoisotopic (exact) mass is 872 g/mol. The fourth-order valence-corrected chi connectivity index (χ4v) is 6.20. The number of carboxylic acid groups (broad SMARTS) is 1. The van der Waals surface area contributed by atoms with Crippen molar-refractivity contribution in [1.82, 2.24) is 31.9 Å². The molecule has 1 unspecified atom stereocenters. The van der Waals surface area contributed by atoms with Crippen LogP contribution in [0.3, 0.4) is 0 Å². The maximum absolute atomic E-state index is 13.8. The third kappa shape index (κ3) is 20.0. The molecule has 0 rings (SSSR count). The summed E-state index contributed by atoms with van der Waals surface area (Å²) in [4.78, 5) is 116. The lowest BCUT2D eigenvalue weighted by Crippen LogP contribution is -2.60. The predicted octanol–water partition coefficient (Wildman–Crippen LogP) is -2.13. The van der Waals surface area contributed by atoms with Crippen molar-refractivity contribution in [3.8, 4) is 0 Å². The Bertz CT molecular complexity index is 1510. The van der Waals surface area contributed by atoms with E-state index in [1.54, 1.807) is 48.5 Å². The minimum absolute atomic E-state index is 0.138. The second-order valence-electron chi connectivity index (χ2n) is 17.1. The molecule has 0 aliphatic rings. The number of carbonyl (C=O) groups is 9. The Morgan fingerprint density at radius 3 is 1.52 bits per heavy atom. The van der Waals surface area contributed by atoms with Crippen LogP contribution in [0.2, 0.25) is 0 Å². The molecule has 0 heterocycles. The largest absolute Gasteiger partial charge is 0.480 e. The first-order valence-electron chi connectivity index (χ1n) is 20.8. The van der Waals surface area contributed by atoms with Crippen molar-refractivity contribution in [2.75, 3.05) is 6.61 Å². The van der Waals surface area contributed by atoms with Crippen molar-refractivity contribution in [2.45, 2.75) is 156 Å². The van der Waals surface area contributed by atoms with Crippen LogP contribution in [0, 0.1) is 35.5 Å². The highest BCUT2D eigenvalue weighted by molar-refractivity contribution is 5.96. The number of carboxylic acids is 1. The molecule has 350 valence electrons. The van der Waals surface area contributed by atoms with Crippen LogP contribution in [0.1, 0.15) is 108 Å². The van der Waals surface area contributed by atoms with E-state index in [4.69, 9.17) is 17.2 Å². The first-order valence-corrected chi connectivity index (χ1v) is 20.8. The molecular weight excluding hydrogens is 798 g/mol. The first kappa shape index (κ1) is 56.1. The third-order valence-electron chi connectivity index (χ3n) is 10.4. The number of aliphatic hydroxyl groups is 2. The van der Waals surface area contributed by atoms with E-state index >= 15 is 0 Å². The van der Waals surface area contributed by atoms with Gasteiger partial charge in [-0.1, -0.05) is 75.7 Å². The maximum atomic E-state index is 13.8. The molecule has 0 aliphatic carbocycles. The van der Waals surface area contributed by atoms with Crippen LogP contribution in [0.4, 0.5) is 0 Å². The zero-order valence-electron chi connectivity index (χ0n) is 37.3. The summed E-state index contributed by atoms with van der Waals surface area (Å²) in [6, 6.07) is -9.19. The second kappa shape index (κ2) is 27.1. The van der Waals surface area contributed by atoms with Crippen LogP contribution >= 0.6 is 0 Å². The van der Waals surface area contributed by atoms with Gasteiger partial charge in [-0.15, -0.1) is 0 Å². The van der Waals surface area contributed by atoms with E-state index in [2.05, 4.69) is 31.9 Å². The molecule has 0 fully saturated rings. The molecule has 0 saturated heterocycles. The lowest BCUT2D eigenvalue weighted by molar-refractivity contribution is -0.144. The number of carbonyl (C=O) groups excluding carboxylic acids is 8. The normalized spacial score (nSPS) is 16.5. The van der Waals surface area contributed by atoms with Crippen LogP contribution in [0.25, 0.3) is 0 Å². The molecule has 21 nitrogen and oxygen atoms in total. The number of nitrogens with one attached hydrogen (secondary N) is 6. The van der Waals surface area contributed by atoms with Gasteiger partial charge in [0.2, 0.25) is 47.3 Å². The molecule has 0 radical (unpaired) electrons. The lowest BCUT2D eigenvalue weighted by Gasteiger charge is -2.32. The Hall–Kier alpha value is -4.89. The molecule has 0 aliphatic heterocycles. The van der Waals surface area contributed by atoms with Gasteiger partial charge < -0.3 is 64.4 Å². The molecule has 0 aromatic rings. The molecule has 0 bridgehead atoms. The Labute approximate surface area is 358 Å². The molecule has 8 amide bonds. The average molecular weight is 872 g/mol. The standard InChI is InChI=1S/C40H73N9O12/c1-11-22(10)33(39(59)48-32(21(8)9)40(60)61)49-34(54)23(19(4)5)15-28(51)25(14-18(2)3)45-36(56)26(16-30(42)53)46-35(55)24(12-13-29(41)52)44-37(57)27(17-50)47-38(58)31(43)20(6)7/h18-28,31-33,50-51H,11-17,43H2,1-10H3,(H2,41,52)(H2,42,53)(H,44,57)(H,45,56)(H,46,55)(H,47,58)(H,48,59)(H,49,54)(H,60,61)/t22-,23-,24-,25-,26-,27-,28?,31-,32-,33-/m0/s1. The highest BCUT2D eigenvalue weighted by atomic mass is 16.4. The van der Waals surface area contributed by atoms with Gasteiger partial charge in [-0.25, -0.2) is 4.79 Å². The summed E-state index contributed by atoms with van der Waals surface area (Å²) in [6.07, 6.45) is -2.52. The van der Waals surface area contributed by atoms with Crippen LogP contribution in [0.15, 0.2) is 0 Å². The van der Waals surface area contributed by atoms with Crippen molar-refractivity contribution < 1.29 is 58.5 Å². The van der Waals surface area contributed by atoms with Crippen LogP contribution in [0.5, 0.6) is 0 Å². The topological polar surface area (TPSA) is 365 Å². The molecule has 0 aromatic heterocycles. The van der Waals surface area contributed by atoms with Gasteiger partial charge in [0.05, 0.1) is 31.2 Å². The summed E-state index contributed by atoms with van der Waals surface area (Å²) in [5, 5.41) is 45.9. The number of aliphatic carboxylic acids is 1. The van der Waals surface area contributed by atoms with E-state index in [1.807, 2.05) is 20.8 Å². The second-order valence-corrected chi connectivity index (χ2v) is 17.1. The molecule has 21 heteroatoms. The maximum Gasteiger partial charge on any atom is 0.326 e. The van der Waals surface area contributed by atoms with Crippen molar-refractivity contribution in [3.63, 3.8) is 0 Å². The van der Waals surface area contributed by atoms with Gasteiger partial charge in [-0.05, 0) is 48.9 Å². The fourth-order valence-electron chi connectivity index (χ4n) is 6.20. The molecule has 0 saturated carbocycles. The van der Waals surface area contributed by atoms with Gasteiger partial charge in [-0.2, -0.15) is 0 Å². The van der Waals surface area contributed by atoms with Gasteiger partial charge in [0.1, 0.15) is 30.2 Å². The molecule has 61 heavy (non-hydrogen) atoms. The van der Waals surface area contributed by atoms with Gasteiger partial charge >= 0.3 is 5.97 Å². The molecule has 10 atom stereocenters. The predicted molar refractivity (Wildman–Crippen MR) is 224 cm³/mol. The van der Waals surface area contributed by atoms with Gasteiger partial charge in [0.15, 0.2) is 0 Å². The first-order chi connectivity index (χ1) is 28.2. The van der Waals surface area contributed by atoms with E-state index in [-0.39, 0.29) is 31.1 Å². The Balaban J connectivity index is 6.44. The molecule has 0 aromatic carbocycles. The zero-order valence-corrected chi connectivity index (χ0v) is 37.3. The van der Waals surface area contributed by atoms with Crippen LogP contribution in [-0.2, 0) is 43.2 Å². The SMILES string of the molecule is CC[C@H](C)[C@H](NC(=O)[C@@H](CC(O)[C@H](CC(C)C)NC(=O)[C@H](CC(N)=O)NC(=O)[C@H](CCC(N)=O)NC(=O)[C@H](CO)NC(=O)[C@@H](N)C(C)C)C(C)C)C(=O)N[C@H](C(=O)O)C(C)C. The van der Waals surface area contributed by atoms with Gasteiger partial charge in [-0.3, -0.25) is 38.4 Å². The van der Waals surface area contributed by atoms with E-state index in [1.165, 1.54) is 0 Å². The summed E-state index contributed by atoms with van der Waals surface area (Å²) in [6.45, 7) is 16.3. The summed E-state index contributed by atoms with van der Waals surface area (Å²) >= 11 is 0. The van der Waals surface area contributed by atoms with Gasteiger partial charge in [0, 0.05) is 12.3 Å².